The molecule has 0 aromatic carbocycles. The van der Waals surface area contributed by atoms with E-state index in [1.54, 1.807) is 11.8 Å². The summed E-state index contributed by atoms with van der Waals surface area (Å²) in [6.07, 6.45) is 3.52. The van der Waals surface area contributed by atoms with E-state index in [-0.39, 0.29) is 11.9 Å². The minimum absolute atomic E-state index is 0.101. The highest BCUT2D eigenvalue weighted by Crippen LogP contribution is 2.13. The fraction of sp³-hybridized carbons (Fsp3) is 0.643. The van der Waals surface area contributed by atoms with Crippen molar-refractivity contribution < 1.29 is 9.21 Å². The number of carbonyl (C=O) groups is 1. The van der Waals surface area contributed by atoms with E-state index in [2.05, 4.69) is 23.8 Å². The van der Waals surface area contributed by atoms with Gasteiger partial charge in [0.1, 0.15) is 11.5 Å². The molecule has 0 radical (unpaired) electrons. The van der Waals surface area contributed by atoms with Gasteiger partial charge in [-0.05, 0) is 31.7 Å². The Morgan fingerprint density at radius 1 is 1.42 bits per heavy atom. The fourth-order valence-corrected chi connectivity index (χ4v) is 2.04. The number of thioether (sulfide) groups is 1. The third kappa shape index (κ3) is 6.68. The molecule has 2 N–H and O–H groups in total. The van der Waals surface area contributed by atoms with E-state index in [9.17, 15) is 4.79 Å². The van der Waals surface area contributed by atoms with Crippen LogP contribution >= 0.6 is 11.8 Å². The zero-order valence-electron chi connectivity index (χ0n) is 12.0. The molecule has 0 fully saturated rings. The van der Waals surface area contributed by atoms with Gasteiger partial charge in [0.05, 0.1) is 12.3 Å². The Labute approximate surface area is 119 Å². The summed E-state index contributed by atoms with van der Waals surface area (Å²) in [4.78, 5) is 11.5. The predicted molar refractivity (Wildman–Crippen MR) is 80.1 cm³/mol. The van der Waals surface area contributed by atoms with Gasteiger partial charge in [-0.15, -0.1) is 0 Å². The van der Waals surface area contributed by atoms with Crippen LogP contribution < -0.4 is 10.6 Å². The molecule has 19 heavy (non-hydrogen) atoms. The Kier molecular flexibility index (Phi) is 7.67. The summed E-state index contributed by atoms with van der Waals surface area (Å²) in [5, 5.41) is 6.16. The monoisotopic (exact) mass is 284 g/mol. The van der Waals surface area contributed by atoms with Gasteiger partial charge in [-0.3, -0.25) is 4.79 Å². The first kappa shape index (κ1) is 16.1. The highest BCUT2D eigenvalue weighted by Gasteiger charge is 2.05. The molecule has 0 aliphatic heterocycles. The molecule has 1 aromatic heterocycles. The highest BCUT2D eigenvalue weighted by molar-refractivity contribution is 7.97. The van der Waals surface area contributed by atoms with Gasteiger partial charge < -0.3 is 15.1 Å². The maximum absolute atomic E-state index is 11.5. The van der Waals surface area contributed by atoms with Crippen molar-refractivity contribution in [3.8, 4) is 0 Å². The standard InChI is InChI=1S/C14H24N2O2S/c1-4-11(2)16-14(17)7-8-15-9-12-5-6-13(18-12)10-19-3/h5-6,11,15H,4,7-10H2,1-3H3,(H,16,17). The lowest BCUT2D eigenvalue weighted by molar-refractivity contribution is -0.121. The van der Waals surface area contributed by atoms with E-state index in [1.165, 1.54) is 0 Å². The van der Waals surface area contributed by atoms with Crippen LogP contribution in [0.5, 0.6) is 0 Å². The second-order valence-corrected chi connectivity index (χ2v) is 5.47. The number of rotatable bonds is 9. The molecule has 0 saturated carbocycles. The Hall–Kier alpha value is -0.940. The summed E-state index contributed by atoms with van der Waals surface area (Å²) in [6, 6.07) is 4.24. The van der Waals surface area contributed by atoms with Crippen molar-refractivity contribution in [3.05, 3.63) is 23.7 Å². The van der Waals surface area contributed by atoms with Gasteiger partial charge in [-0.25, -0.2) is 0 Å². The number of nitrogens with one attached hydrogen (secondary N) is 2. The average molecular weight is 284 g/mol. The van der Waals surface area contributed by atoms with Crippen molar-refractivity contribution >= 4 is 17.7 Å². The van der Waals surface area contributed by atoms with Gasteiger partial charge in [0.15, 0.2) is 0 Å². The van der Waals surface area contributed by atoms with Gasteiger partial charge in [0, 0.05) is 19.0 Å². The Morgan fingerprint density at radius 3 is 2.84 bits per heavy atom. The summed E-state index contributed by atoms with van der Waals surface area (Å²) in [6.45, 7) is 5.42. The molecule has 1 atom stereocenters. The lowest BCUT2D eigenvalue weighted by Gasteiger charge is -2.11. The lowest BCUT2D eigenvalue weighted by Crippen LogP contribution is -2.33. The molecule has 1 heterocycles. The summed E-state index contributed by atoms with van der Waals surface area (Å²) in [5.74, 6) is 2.92. The van der Waals surface area contributed by atoms with Crippen LogP contribution in [-0.2, 0) is 17.1 Å². The molecule has 108 valence electrons. The molecule has 1 unspecified atom stereocenters. The molecular formula is C14H24N2O2S. The van der Waals surface area contributed by atoms with Gasteiger partial charge in [-0.1, -0.05) is 6.92 Å². The van der Waals surface area contributed by atoms with Crippen LogP contribution in [0.3, 0.4) is 0 Å². The normalized spacial score (nSPS) is 12.4. The smallest absolute Gasteiger partial charge is 0.221 e. The number of hydrogen-bond acceptors (Lipinski definition) is 4. The fourth-order valence-electron chi connectivity index (χ4n) is 1.60. The first-order chi connectivity index (χ1) is 9.15. The highest BCUT2D eigenvalue weighted by atomic mass is 32.2. The second kappa shape index (κ2) is 9.04. The van der Waals surface area contributed by atoms with E-state index in [4.69, 9.17) is 4.42 Å². The Balaban J connectivity index is 2.14. The van der Waals surface area contributed by atoms with Crippen molar-refractivity contribution in [2.75, 3.05) is 12.8 Å². The first-order valence-corrected chi connectivity index (χ1v) is 8.11. The van der Waals surface area contributed by atoms with Crippen LogP contribution in [0.15, 0.2) is 16.5 Å². The molecule has 4 nitrogen and oxygen atoms in total. The molecule has 1 aromatic rings. The Morgan fingerprint density at radius 2 is 2.16 bits per heavy atom. The Bertz CT molecular complexity index is 379. The molecule has 0 aliphatic carbocycles. The molecule has 0 bridgehead atoms. The number of hydrogen-bond donors (Lipinski definition) is 2. The minimum Gasteiger partial charge on any atom is -0.464 e. The van der Waals surface area contributed by atoms with Crippen LogP contribution in [0.4, 0.5) is 0 Å². The molecule has 0 saturated heterocycles. The molecule has 1 rings (SSSR count). The van der Waals surface area contributed by atoms with Crippen LogP contribution in [-0.4, -0.2) is 24.7 Å². The maximum atomic E-state index is 11.5. The third-order valence-corrected chi connectivity index (χ3v) is 3.42. The van der Waals surface area contributed by atoms with Crippen LogP contribution in [0.25, 0.3) is 0 Å². The SMILES string of the molecule is CCC(C)NC(=O)CCNCc1ccc(CSC)o1. The van der Waals surface area contributed by atoms with Crippen molar-refractivity contribution in [3.63, 3.8) is 0 Å². The van der Waals surface area contributed by atoms with E-state index >= 15 is 0 Å². The van der Waals surface area contributed by atoms with Crippen molar-refractivity contribution in [2.24, 2.45) is 0 Å². The maximum Gasteiger partial charge on any atom is 0.221 e. The molecule has 1 amide bonds. The van der Waals surface area contributed by atoms with Gasteiger partial charge >= 0.3 is 0 Å². The molecule has 0 aliphatic rings. The minimum atomic E-state index is 0.101. The zero-order chi connectivity index (χ0) is 14.1. The molecule has 0 spiro atoms. The van der Waals surface area contributed by atoms with Gasteiger partial charge in [0.2, 0.25) is 5.91 Å². The van der Waals surface area contributed by atoms with Crippen LogP contribution in [0, 0.1) is 0 Å². The third-order valence-electron chi connectivity index (χ3n) is 2.85. The van der Waals surface area contributed by atoms with E-state index in [0.29, 0.717) is 19.5 Å². The van der Waals surface area contributed by atoms with E-state index < -0.39 is 0 Å². The first-order valence-electron chi connectivity index (χ1n) is 6.72. The van der Waals surface area contributed by atoms with E-state index in [1.807, 2.05) is 19.1 Å². The zero-order valence-corrected chi connectivity index (χ0v) is 12.8. The quantitative estimate of drug-likeness (QED) is 0.684. The van der Waals surface area contributed by atoms with Crippen molar-refractivity contribution in [1.82, 2.24) is 10.6 Å². The number of carbonyl (C=O) groups excluding carboxylic acids is 1. The van der Waals surface area contributed by atoms with Crippen molar-refractivity contribution in [1.29, 1.82) is 0 Å². The van der Waals surface area contributed by atoms with Gasteiger partial charge in [-0.2, -0.15) is 11.8 Å². The number of furan rings is 1. The van der Waals surface area contributed by atoms with E-state index in [0.717, 1.165) is 23.7 Å². The molecule has 5 heteroatoms. The summed E-state index contributed by atoms with van der Waals surface area (Å²) in [7, 11) is 0. The predicted octanol–water partition coefficient (Wildman–Crippen LogP) is 2.54. The average Bonchev–Trinajstić information content (AvgIpc) is 2.83. The molecular weight excluding hydrogens is 260 g/mol. The van der Waals surface area contributed by atoms with Crippen molar-refractivity contribution in [2.45, 2.75) is 45.0 Å². The lowest BCUT2D eigenvalue weighted by atomic mass is 10.2. The topological polar surface area (TPSA) is 54.3 Å². The van der Waals surface area contributed by atoms with Crippen LogP contribution in [0.2, 0.25) is 0 Å². The van der Waals surface area contributed by atoms with Crippen LogP contribution in [0.1, 0.15) is 38.2 Å². The summed E-state index contributed by atoms with van der Waals surface area (Å²) in [5.41, 5.74) is 0. The summed E-state index contributed by atoms with van der Waals surface area (Å²) >= 11 is 1.74. The number of amides is 1. The largest absolute Gasteiger partial charge is 0.464 e. The second-order valence-electron chi connectivity index (χ2n) is 4.60. The van der Waals surface area contributed by atoms with Gasteiger partial charge in [0.25, 0.3) is 0 Å². The summed E-state index contributed by atoms with van der Waals surface area (Å²) < 4.78 is 5.63.